The molecule has 2 aliphatic rings. The first-order chi connectivity index (χ1) is 20.0. The van der Waals surface area contributed by atoms with Gasteiger partial charge in [0, 0.05) is 37.4 Å². The molecule has 19 heteroatoms. The third-order valence-electron chi connectivity index (χ3n) is 5.78. The fourth-order valence-electron chi connectivity index (χ4n) is 3.95. The van der Waals surface area contributed by atoms with E-state index in [0.29, 0.717) is 26.2 Å². The molecule has 0 amide bonds. The first kappa shape index (κ1) is 33.7. The van der Waals surface area contributed by atoms with Crippen molar-refractivity contribution in [2.45, 2.75) is 42.5 Å². The van der Waals surface area contributed by atoms with Crippen LogP contribution in [0.3, 0.4) is 0 Å². The lowest BCUT2D eigenvalue weighted by Gasteiger charge is -2.28. The number of nitrogens with zero attached hydrogens (tertiary/aromatic N) is 4. The topological polar surface area (TPSA) is 150 Å². The molecule has 0 radical (unpaired) electrons. The highest BCUT2D eigenvalue weighted by atomic mass is 32.2. The van der Waals surface area contributed by atoms with Gasteiger partial charge in [-0.05, 0) is 17.7 Å². The van der Waals surface area contributed by atoms with Gasteiger partial charge in [0.2, 0.25) is 15.9 Å². The Labute approximate surface area is 244 Å². The summed E-state index contributed by atoms with van der Waals surface area (Å²) >= 11 is 1.60. The minimum absolute atomic E-state index is 0.136. The molecule has 2 N–H and O–H groups in total. The van der Waals surface area contributed by atoms with E-state index < -0.39 is 34.3 Å². The molecule has 2 unspecified atom stereocenters. The smallest absolute Gasteiger partial charge is 0.475 e. The Hall–Kier alpha value is -3.81. The Balaban J connectivity index is 0.000000303. The lowest BCUT2D eigenvalue weighted by molar-refractivity contribution is -0.193. The normalized spacial score (nSPS) is 19.7. The number of hydrogen-bond donors (Lipinski definition) is 2. The van der Waals surface area contributed by atoms with Gasteiger partial charge in [0.1, 0.15) is 16.0 Å². The number of aromatic nitrogens is 2. The first-order valence-corrected chi connectivity index (χ1v) is 14.2. The third-order valence-corrected chi connectivity index (χ3v) is 8.43. The summed E-state index contributed by atoms with van der Waals surface area (Å²) in [5, 5.41) is 17.2. The van der Waals surface area contributed by atoms with Crippen LogP contribution in [0.15, 0.2) is 65.1 Å². The van der Waals surface area contributed by atoms with Gasteiger partial charge in [-0.15, -0.1) is 11.3 Å². The van der Waals surface area contributed by atoms with Gasteiger partial charge in [-0.2, -0.15) is 30.6 Å². The molecule has 2 atom stereocenters. The number of rotatable bonds is 4. The lowest BCUT2D eigenvalue weighted by atomic mass is 10.1. The maximum absolute atomic E-state index is 13.6. The average Bonchev–Trinajstić information content (AvgIpc) is 3.56. The van der Waals surface area contributed by atoms with Crippen molar-refractivity contribution in [2.75, 3.05) is 13.1 Å². The number of ether oxygens (including phenoxy) is 1. The highest BCUT2D eigenvalue weighted by Gasteiger charge is 2.47. The molecule has 0 spiro atoms. The molecule has 0 saturated carbocycles. The number of aliphatic carboxylic acids is 2. The molecule has 3 aromatic rings. The number of likely N-dealkylation sites (tertiary alicyclic amines) is 1. The van der Waals surface area contributed by atoms with Crippen LogP contribution in [0.2, 0.25) is 0 Å². The number of alkyl halides is 6. The van der Waals surface area contributed by atoms with Gasteiger partial charge < -0.3 is 14.9 Å². The van der Waals surface area contributed by atoms with Crippen molar-refractivity contribution in [3.8, 4) is 5.88 Å². The fraction of sp³-hybridized carbons (Fsp3) is 0.333. The van der Waals surface area contributed by atoms with Gasteiger partial charge in [0.25, 0.3) is 0 Å². The Morgan fingerprint density at radius 2 is 1.51 bits per heavy atom. The molecule has 1 aromatic carbocycles. The Kier molecular flexibility index (Phi) is 10.7. The second kappa shape index (κ2) is 13.7. The lowest BCUT2D eigenvalue weighted by Crippen LogP contribution is -2.46. The van der Waals surface area contributed by atoms with Gasteiger partial charge in [-0.25, -0.2) is 28.0 Å². The van der Waals surface area contributed by atoms with Crippen LogP contribution >= 0.6 is 11.3 Å². The van der Waals surface area contributed by atoms with Crippen molar-refractivity contribution in [3.05, 3.63) is 70.8 Å². The minimum atomic E-state index is -5.08. The summed E-state index contributed by atoms with van der Waals surface area (Å²) in [5.74, 6) is -5.32. The van der Waals surface area contributed by atoms with Crippen LogP contribution in [-0.4, -0.2) is 87.3 Å². The number of carboxylic acids is 2. The van der Waals surface area contributed by atoms with Gasteiger partial charge in [0.05, 0.1) is 12.6 Å². The third kappa shape index (κ3) is 9.09. The number of halogens is 6. The number of thiazole rings is 1. The second-order valence-electron chi connectivity index (χ2n) is 8.79. The quantitative estimate of drug-likeness (QED) is 0.399. The predicted molar refractivity (Wildman–Crippen MR) is 136 cm³/mol. The number of carbonyl (C=O) groups is 2. The summed E-state index contributed by atoms with van der Waals surface area (Å²) in [6.07, 6.45) is -7.10. The zero-order valence-corrected chi connectivity index (χ0v) is 23.2. The molecule has 11 nitrogen and oxygen atoms in total. The molecule has 4 heterocycles. The highest BCUT2D eigenvalue weighted by molar-refractivity contribution is 7.89. The molecule has 43 heavy (non-hydrogen) atoms. The number of pyridine rings is 1. The van der Waals surface area contributed by atoms with Gasteiger partial charge in [-0.3, -0.25) is 4.90 Å². The molecule has 2 aromatic heterocycles. The zero-order valence-electron chi connectivity index (χ0n) is 21.6. The van der Waals surface area contributed by atoms with Crippen molar-refractivity contribution in [1.29, 1.82) is 0 Å². The van der Waals surface area contributed by atoms with Crippen LogP contribution in [0.1, 0.15) is 10.6 Å². The maximum Gasteiger partial charge on any atom is 0.490 e. The van der Waals surface area contributed by atoms with E-state index in [4.69, 9.17) is 24.5 Å². The number of benzene rings is 1. The van der Waals surface area contributed by atoms with Crippen LogP contribution in [-0.2, 0) is 32.7 Å². The van der Waals surface area contributed by atoms with Crippen LogP contribution in [0.4, 0.5) is 26.3 Å². The van der Waals surface area contributed by atoms with Gasteiger partial charge in [0.15, 0.2) is 0 Å². The van der Waals surface area contributed by atoms with E-state index in [-0.39, 0.29) is 22.9 Å². The number of sulfonamides is 1. The van der Waals surface area contributed by atoms with E-state index in [1.807, 2.05) is 35.7 Å². The summed E-state index contributed by atoms with van der Waals surface area (Å²) in [6, 6.07) is 12.6. The van der Waals surface area contributed by atoms with Crippen molar-refractivity contribution < 1.29 is 59.3 Å². The molecule has 0 aliphatic carbocycles. The summed E-state index contributed by atoms with van der Waals surface area (Å²) < 4.78 is 98.3. The second-order valence-corrected chi connectivity index (χ2v) is 11.6. The van der Waals surface area contributed by atoms with Crippen molar-refractivity contribution in [2.24, 2.45) is 0 Å². The van der Waals surface area contributed by atoms with Crippen molar-refractivity contribution >= 4 is 33.3 Å². The van der Waals surface area contributed by atoms with Gasteiger partial charge in [-0.1, -0.05) is 30.3 Å². The molecule has 234 valence electrons. The highest BCUT2D eigenvalue weighted by Crippen LogP contribution is 2.36. The monoisotopic (exact) mass is 656 g/mol. The van der Waals surface area contributed by atoms with Crippen LogP contribution in [0.5, 0.6) is 5.88 Å². The largest absolute Gasteiger partial charge is 0.490 e. The van der Waals surface area contributed by atoms with Crippen molar-refractivity contribution in [3.63, 3.8) is 0 Å². The first-order valence-electron chi connectivity index (χ1n) is 11.9. The molecule has 1 saturated heterocycles. The zero-order chi connectivity index (χ0) is 32.0. The summed E-state index contributed by atoms with van der Waals surface area (Å²) in [5.41, 5.74) is 0.945. The van der Waals surface area contributed by atoms with Crippen LogP contribution < -0.4 is 4.74 Å². The van der Waals surface area contributed by atoms with E-state index >= 15 is 0 Å². The average molecular weight is 657 g/mol. The standard InChI is InChI=1S/C20H20N4O3S2.2C2HF3O2/c25-29(26)18-7-4-8-22-20(18)27-17-13-23(14-19-21-9-10-28-19)12-16(17)24(29)11-15-5-2-1-3-6-15;2*3-2(4,5)1(6)7/h1-10,16-17H,11-14H2;2*(H,6,7). The predicted octanol–water partition coefficient (Wildman–Crippen LogP) is 3.64. The van der Waals surface area contributed by atoms with E-state index in [1.165, 1.54) is 0 Å². The molecule has 5 rings (SSSR count). The summed E-state index contributed by atoms with van der Waals surface area (Å²) in [6.45, 7) is 2.20. The Morgan fingerprint density at radius 1 is 0.907 bits per heavy atom. The van der Waals surface area contributed by atoms with Gasteiger partial charge >= 0.3 is 24.3 Å². The van der Waals surface area contributed by atoms with E-state index in [2.05, 4.69) is 14.9 Å². The number of hydrogen-bond acceptors (Lipinski definition) is 9. The summed E-state index contributed by atoms with van der Waals surface area (Å²) in [4.78, 5) is 28.7. The Bertz CT molecular complexity index is 1470. The van der Waals surface area contributed by atoms with E-state index in [0.717, 1.165) is 10.6 Å². The molecule has 2 aliphatic heterocycles. The number of fused-ring (bicyclic) bond motifs is 2. The van der Waals surface area contributed by atoms with Crippen molar-refractivity contribution in [1.82, 2.24) is 19.2 Å². The summed E-state index contributed by atoms with van der Waals surface area (Å²) in [7, 11) is -3.75. The molecular weight excluding hydrogens is 634 g/mol. The molecule has 0 bridgehead atoms. The van der Waals surface area contributed by atoms with Crippen LogP contribution in [0.25, 0.3) is 0 Å². The van der Waals surface area contributed by atoms with E-state index in [1.54, 1.807) is 40.2 Å². The Morgan fingerprint density at radius 3 is 2.05 bits per heavy atom. The maximum atomic E-state index is 13.6. The minimum Gasteiger partial charge on any atom is -0.475 e. The number of carboxylic acid groups (broad SMARTS) is 2. The molecular formula is C24H22F6N4O7S2. The van der Waals surface area contributed by atoms with E-state index in [9.17, 15) is 34.8 Å². The van der Waals surface area contributed by atoms with Crippen LogP contribution in [0, 0.1) is 0 Å². The SMILES string of the molecule is O=C(O)C(F)(F)F.O=C(O)C(F)(F)F.O=S1(=O)c2cccnc2OC2CN(Cc3nccs3)CC2N1Cc1ccccc1. The fourth-order valence-corrected chi connectivity index (χ4v) is 6.31. The molecule has 1 fully saturated rings.